The Hall–Kier alpha value is -2.18. The topological polar surface area (TPSA) is 84.9 Å². The van der Waals surface area contributed by atoms with Crippen molar-refractivity contribution in [3.8, 4) is 0 Å². The first kappa shape index (κ1) is 17.2. The predicted molar refractivity (Wildman–Crippen MR) is 84.0 cm³/mol. The van der Waals surface area contributed by atoms with Gasteiger partial charge in [-0.1, -0.05) is 30.3 Å². The van der Waals surface area contributed by atoms with E-state index in [0.29, 0.717) is 6.61 Å². The number of amides is 1. The van der Waals surface area contributed by atoms with Crippen molar-refractivity contribution in [2.45, 2.75) is 25.0 Å². The Labute approximate surface area is 135 Å². The maximum Gasteiger partial charge on any atom is 0.328 e. The van der Waals surface area contributed by atoms with Crippen molar-refractivity contribution in [1.29, 1.82) is 0 Å². The number of nitrogens with one attached hydrogen (secondary N) is 1. The Morgan fingerprint density at radius 1 is 1.48 bits per heavy atom. The summed E-state index contributed by atoms with van der Waals surface area (Å²) in [4.78, 5) is 23.3. The summed E-state index contributed by atoms with van der Waals surface area (Å²) in [6, 6.07) is 6.74. The van der Waals surface area contributed by atoms with Crippen molar-refractivity contribution < 1.29 is 24.2 Å². The van der Waals surface area contributed by atoms with E-state index in [-0.39, 0.29) is 31.6 Å². The van der Waals surface area contributed by atoms with E-state index in [9.17, 15) is 9.59 Å². The third-order valence-corrected chi connectivity index (χ3v) is 3.62. The number of carbonyl (C=O) groups is 2. The smallest absolute Gasteiger partial charge is 0.328 e. The van der Waals surface area contributed by atoms with Gasteiger partial charge in [0.05, 0.1) is 32.3 Å². The van der Waals surface area contributed by atoms with Crippen LogP contribution in [0.4, 0.5) is 0 Å². The summed E-state index contributed by atoms with van der Waals surface area (Å²) in [5, 5.41) is 11.6. The molecule has 124 valence electrons. The molecule has 0 aliphatic carbocycles. The zero-order valence-electron chi connectivity index (χ0n) is 12.9. The zero-order valence-corrected chi connectivity index (χ0v) is 12.9. The molecule has 0 saturated heterocycles. The highest BCUT2D eigenvalue weighted by atomic mass is 16.5. The van der Waals surface area contributed by atoms with E-state index in [1.807, 2.05) is 24.3 Å². The number of carbonyl (C=O) groups excluding carboxylic acids is 1. The second-order valence-electron chi connectivity index (χ2n) is 5.30. The molecule has 1 aliphatic heterocycles. The summed E-state index contributed by atoms with van der Waals surface area (Å²) in [7, 11) is 0. The number of carboxylic acid groups (broad SMARTS) is 1. The van der Waals surface area contributed by atoms with Crippen LogP contribution in [0.25, 0.3) is 0 Å². The van der Waals surface area contributed by atoms with Crippen molar-refractivity contribution in [2.75, 3.05) is 19.8 Å². The van der Waals surface area contributed by atoms with Gasteiger partial charge < -0.3 is 19.9 Å². The van der Waals surface area contributed by atoms with Gasteiger partial charge in [-0.3, -0.25) is 4.79 Å². The van der Waals surface area contributed by atoms with Gasteiger partial charge in [-0.2, -0.15) is 0 Å². The number of carboxylic acids is 1. The van der Waals surface area contributed by atoms with Gasteiger partial charge in [-0.15, -0.1) is 6.58 Å². The summed E-state index contributed by atoms with van der Waals surface area (Å²) >= 11 is 0. The molecule has 0 saturated carbocycles. The van der Waals surface area contributed by atoms with E-state index in [4.69, 9.17) is 14.6 Å². The molecule has 2 unspecified atom stereocenters. The van der Waals surface area contributed by atoms with Crippen molar-refractivity contribution in [2.24, 2.45) is 0 Å². The molecule has 2 N–H and O–H groups in total. The molecule has 6 nitrogen and oxygen atoms in total. The molecule has 1 aromatic rings. The number of fused-ring (bicyclic) bond motifs is 1. The number of benzene rings is 1. The number of hydrogen-bond acceptors (Lipinski definition) is 4. The SMILES string of the molecule is C=CCOCC(NC(=O)CC1OCCc2ccccc21)C(=O)O. The van der Waals surface area contributed by atoms with Gasteiger partial charge in [0, 0.05) is 0 Å². The third-order valence-electron chi connectivity index (χ3n) is 3.62. The van der Waals surface area contributed by atoms with Gasteiger partial charge in [0.2, 0.25) is 5.91 Å². The second-order valence-corrected chi connectivity index (χ2v) is 5.30. The van der Waals surface area contributed by atoms with E-state index >= 15 is 0 Å². The van der Waals surface area contributed by atoms with Crippen LogP contribution in [0.15, 0.2) is 36.9 Å². The number of hydrogen-bond donors (Lipinski definition) is 2. The van der Waals surface area contributed by atoms with Crippen molar-refractivity contribution in [1.82, 2.24) is 5.32 Å². The van der Waals surface area contributed by atoms with E-state index < -0.39 is 12.0 Å². The van der Waals surface area contributed by atoms with Gasteiger partial charge >= 0.3 is 5.97 Å². The molecule has 0 fully saturated rings. The van der Waals surface area contributed by atoms with Gasteiger partial charge in [-0.25, -0.2) is 4.79 Å². The van der Waals surface area contributed by atoms with Gasteiger partial charge in [0.25, 0.3) is 0 Å². The minimum absolute atomic E-state index is 0.0856. The Morgan fingerprint density at radius 2 is 2.26 bits per heavy atom. The molecule has 1 amide bonds. The summed E-state index contributed by atoms with van der Waals surface area (Å²) in [5.41, 5.74) is 2.16. The fourth-order valence-electron chi connectivity index (χ4n) is 2.51. The summed E-state index contributed by atoms with van der Waals surface area (Å²) in [5.74, 6) is -1.51. The largest absolute Gasteiger partial charge is 0.480 e. The standard InChI is InChI=1S/C17H21NO5/c1-2-8-22-11-14(17(20)21)18-16(19)10-15-13-6-4-3-5-12(13)7-9-23-15/h2-6,14-15H,1,7-11H2,(H,18,19)(H,20,21). The van der Waals surface area contributed by atoms with Gasteiger partial charge in [0.15, 0.2) is 6.04 Å². The quantitative estimate of drug-likeness (QED) is 0.560. The first-order chi connectivity index (χ1) is 11.1. The van der Waals surface area contributed by atoms with Crippen LogP contribution in [0.5, 0.6) is 0 Å². The monoisotopic (exact) mass is 319 g/mol. The second kappa shape index (κ2) is 8.45. The highest BCUT2D eigenvalue weighted by molar-refractivity contribution is 5.84. The maximum absolute atomic E-state index is 12.1. The predicted octanol–water partition coefficient (Wildman–Crippen LogP) is 1.46. The van der Waals surface area contributed by atoms with Crippen LogP contribution >= 0.6 is 0 Å². The number of ether oxygens (including phenoxy) is 2. The normalized spacial score (nSPS) is 17.8. The molecule has 1 heterocycles. The van der Waals surface area contributed by atoms with Gasteiger partial charge in [0.1, 0.15) is 0 Å². The minimum atomic E-state index is -1.13. The van der Waals surface area contributed by atoms with Crippen LogP contribution in [0.1, 0.15) is 23.7 Å². The molecule has 0 aromatic heterocycles. The minimum Gasteiger partial charge on any atom is -0.480 e. The maximum atomic E-state index is 12.1. The van der Waals surface area contributed by atoms with Crippen LogP contribution in [0.2, 0.25) is 0 Å². The lowest BCUT2D eigenvalue weighted by Crippen LogP contribution is -2.44. The molecular weight excluding hydrogens is 298 g/mol. The lowest BCUT2D eigenvalue weighted by Gasteiger charge is -2.26. The summed E-state index contributed by atoms with van der Waals surface area (Å²) in [6.07, 6.45) is 2.08. The van der Waals surface area contributed by atoms with Gasteiger partial charge in [-0.05, 0) is 17.5 Å². The van der Waals surface area contributed by atoms with Crippen LogP contribution in [0, 0.1) is 0 Å². The summed E-state index contributed by atoms with van der Waals surface area (Å²) < 4.78 is 10.8. The molecule has 0 spiro atoms. The van der Waals surface area contributed by atoms with Crippen LogP contribution in [-0.2, 0) is 25.5 Å². The molecule has 23 heavy (non-hydrogen) atoms. The fraction of sp³-hybridized carbons (Fsp3) is 0.412. The molecule has 0 radical (unpaired) electrons. The molecule has 1 aliphatic rings. The Balaban J connectivity index is 1.93. The highest BCUT2D eigenvalue weighted by Crippen LogP contribution is 2.29. The fourth-order valence-corrected chi connectivity index (χ4v) is 2.51. The molecule has 6 heteroatoms. The lowest BCUT2D eigenvalue weighted by molar-refractivity contribution is -0.144. The molecule has 2 atom stereocenters. The Kier molecular flexibility index (Phi) is 6.31. The zero-order chi connectivity index (χ0) is 16.7. The van der Waals surface area contributed by atoms with Crippen molar-refractivity contribution >= 4 is 11.9 Å². The molecule has 0 bridgehead atoms. The molecular formula is C17H21NO5. The summed E-state index contributed by atoms with van der Waals surface area (Å²) in [6.45, 7) is 4.17. The average molecular weight is 319 g/mol. The van der Waals surface area contributed by atoms with Crippen molar-refractivity contribution in [3.63, 3.8) is 0 Å². The van der Waals surface area contributed by atoms with Crippen LogP contribution in [0.3, 0.4) is 0 Å². The Morgan fingerprint density at radius 3 is 3.00 bits per heavy atom. The first-order valence-electron chi connectivity index (χ1n) is 7.52. The molecule has 2 rings (SSSR count). The first-order valence-corrected chi connectivity index (χ1v) is 7.52. The number of rotatable bonds is 8. The highest BCUT2D eigenvalue weighted by Gasteiger charge is 2.26. The van der Waals surface area contributed by atoms with Crippen molar-refractivity contribution in [3.05, 3.63) is 48.0 Å². The number of aliphatic carboxylic acids is 1. The van der Waals surface area contributed by atoms with E-state index in [0.717, 1.165) is 12.0 Å². The van der Waals surface area contributed by atoms with E-state index in [1.165, 1.54) is 11.6 Å². The lowest BCUT2D eigenvalue weighted by atomic mass is 9.95. The van der Waals surface area contributed by atoms with E-state index in [1.54, 1.807) is 0 Å². The third kappa shape index (κ3) is 4.91. The average Bonchev–Trinajstić information content (AvgIpc) is 2.54. The van der Waals surface area contributed by atoms with E-state index in [2.05, 4.69) is 11.9 Å². The molecule has 1 aromatic carbocycles. The van der Waals surface area contributed by atoms with Crippen LogP contribution < -0.4 is 5.32 Å². The Bertz CT molecular complexity index is 572. The van der Waals surface area contributed by atoms with Crippen LogP contribution in [-0.4, -0.2) is 42.8 Å².